The fraction of sp³-hybridized carbons (Fsp3) is 0.217. The molecule has 0 aliphatic carbocycles. The van der Waals surface area contributed by atoms with Crippen LogP contribution < -0.4 is 10.1 Å². The second-order valence-electron chi connectivity index (χ2n) is 7.63. The maximum atomic E-state index is 12.4. The molecule has 0 saturated heterocycles. The number of rotatable bonds is 6. The molecule has 0 saturated carbocycles. The number of carbonyl (C=O) groups excluding carboxylic acids is 1. The number of hydrogen-bond acceptors (Lipinski definition) is 6. The lowest BCUT2D eigenvalue weighted by Gasteiger charge is -2.13. The van der Waals surface area contributed by atoms with Crippen molar-refractivity contribution in [1.29, 1.82) is 0 Å². The molecule has 1 aliphatic heterocycles. The molecule has 9 heteroatoms. The molecule has 1 atom stereocenters. The quantitative estimate of drug-likeness (QED) is 0.415. The van der Waals surface area contributed by atoms with E-state index in [0.717, 1.165) is 38.6 Å². The van der Waals surface area contributed by atoms with Crippen molar-refractivity contribution < 1.29 is 9.53 Å². The van der Waals surface area contributed by atoms with Gasteiger partial charge >= 0.3 is 0 Å². The minimum absolute atomic E-state index is 0.0709. The number of thioether (sulfide) groups is 1. The van der Waals surface area contributed by atoms with E-state index in [9.17, 15) is 4.79 Å². The Bertz CT molecular complexity index is 1290. The molecule has 162 valence electrons. The van der Waals surface area contributed by atoms with Crippen LogP contribution in [0.3, 0.4) is 0 Å². The Kier molecular flexibility index (Phi) is 5.71. The van der Waals surface area contributed by atoms with Gasteiger partial charge in [-0.15, -0.1) is 0 Å². The molecule has 0 bridgehead atoms. The third-order valence-corrected chi connectivity index (χ3v) is 6.28. The molecule has 0 spiro atoms. The van der Waals surface area contributed by atoms with Gasteiger partial charge < -0.3 is 15.0 Å². The number of ether oxygens (including phenoxy) is 1. The fourth-order valence-electron chi connectivity index (χ4n) is 3.72. The minimum atomic E-state index is -0.165. The molecule has 4 aromatic rings. The van der Waals surface area contributed by atoms with Crippen LogP contribution in [0.15, 0.2) is 54.1 Å². The van der Waals surface area contributed by atoms with Crippen LogP contribution >= 0.6 is 23.4 Å². The largest absolute Gasteiger partial charge is 0.487 e. The Morgan fingerprint density at radius 2 is 2.22 bits per heavy atom. The molecular formula is C23H20ClN5O2S. The monoisotopic (exact) mass is 465 g/mol. The summed E-state index contributed by atoms with van der Waals surface area (Å²) in [6.07, 6.45) is 5.44. The van der Waals surface area contributed by atoms with Gasteiger partial charge in [0, 0.05) is 35.0 Å². The predicted octanol–water partition coefficient (Wildman–Crippen LogP) is 4.19. The molecule has 3 heterocycles. The first-order chi connectivity index (χ1) is 15.5. The number of hydrogen-bond donors (Lipinski definition) is 2. The molecule has 2 N–H and O–H groups in total. The Hall–Kier alpha value is -3.10. The Morgan fingerprint density at radius 3 is 3.06 bits per heavy atom. The maximum Gasteiger partial charge on any atom is 0.230 e. The van der Waals surface area contributed by atoms with Crippen molar-refractivity contribution in [2.75, 3.05) is 12.3 Å². The van der Waals surface area contributed by atoms with Crippen molar-refractivity contribution in [1.82, 2.24) is 25.3 Å². The smallest absolute Gasteiger partial charge is 0.230 e. The van der Waals surface area contributed by atoms with Crippen molar-refractivity contribution >= 4 is 40.3 Å². The number of imidazole rings is 1. The maximum absolute atomic E-state index is 12.4. The molecule has 0 fully saturated rings. The van der Waals surface area contributed by atoms with Gasteiger partial charge in [0.05, 0.1) is 35.2 Å². The average molecular weight is 466 g/mol. The number of nitrogens with zero attached hydrogens (tertiary/aromatic N) is 3. The summed E-state index contributed by atoms with van der Waals surface area (Å²) in [6, 6.07) is 9.77. The van der Waals surface area contributed by atoms with E-state index >= 15 is 0 Å². The third-order valence-electron chi connectivity index (χ3n) is 5.18. The second-order valence-corrected chi connectivity index (χ2v) is 9.03. The van der Waals surface area contributed by atoms with E-state index in [4.69, 9.17) is 16.3 Å². The Labute approximate surface area is 194 Å². The lowest BCUT2D eigenvalue weighted by atomic mass is 10.0. The number of fused-ring (bicyclic) bond motifs is 2. The Balaban J connectivity index is 1.18. The van der Waals surface area contributed by atoms with E-state index in [1.165, 1.54) is 11.8 Å². The van der Waals surface area contributed by atoms with Crippen LogP contribution in [0.1, 0.15) is 11.1 Å². The van der Waals surface area contributed by atoms with E-state index in [-0.39, 0.29) is 17.8 Å². The molecule has 2 aromatic heterocycles. The molecule has 7 nitrogen and oxygen atoms in total. The second kappa shape index (κ2) is 8.80. The number of carbonyl (C=O) groups is 1. The van der Waals surface area contributed by atoms with Crippen LogP contribution in [-0.4, -0.2) is 44.2 Å². The lowest BCUT2D eigenvalue weighted by Crippen LogP contribution is -2.35. The summed E-state index contributed by atoms with van der Waals surface area (Å²) >= 11 is 7.69. The molecule has 32 heavy (non-hydrogen) atoms. The zero-order chi connectivity index (χ0) is 22.1. The van der Waals surface area contributed by atoms with Crippen LogP contribution in [0.25, 0.3) is 22.3 Å². The highest BCUT2D eigenvalue weighted by Crippen LogP contribution is 2.40. The minimum Gasteiger partial charge on any atom is -0.487 e. The Morgan fingerprint density at radius 1 is 1.31 bits per heavy atom. The van der Waals surface area contributed by atoms with Crippen molar-refractivity contribution in [3.63, 3.8) is 0 Å². The number of amides is 1. The number of halogens is 1. The standard InChI is InChI=1S/C23H20ClN5O2S/c1-13-2-3-18-19(6-13)29-23(28-18)32-12-21(30)27-10-16-8-14-7-15(24)9-17(22(14)31-16)20-11-25-4-5-26-20/h2-7,9,11,16H,8,10,12H2,1H3,(H,27,30)(H,28,29)/t16-/m0/s1. The fourth-order valence-corrected chi connectivity index (χ4v) is 4.67. The highest BCUT2D eigenvalue weighted by molar-refractivity contribution is 7.99. The van der Waals surface area contributed by atoms with E-state index in [0.29, 0.717) is 23.7 Å². The lowest BCUT2D eigenvalue weighted by molar-refractivity contribution is -0.118. The van der Waals surface area contributed by atoms with Gasteiger partial charge in [0.15, 0.2) is 5.16 Å². The van der Waals surface area contributed by atoms with Crippen LogP contribution in [0, 0.1) is 6.92 Å². The summed E-state index contributed by atoms with van der Waals surface area (Å²) in [5, 5.41) is 4.31. The highest BCUT2D eigenvalue weighted by atomic mass is 35.5. The number of benzene rings is 2. The van der Waals surface area contributed by atoms with Gasteiger partial charge in [0.25, 0.3) is 0 Å². The van der Waals surface area contributed by atoms with E-state index in [1.54, 1.807) is 18.6 Å². The first-order valence-electron chi connectivity index (χ1n) is 10.2. The average Bonchev–Trinajstić information content (AvgIpc) is 3.39. The molecule has 5 rings (SSSR count). The summed E-state index contributed by atoms with van der Waals surface area (Å²) in [4.78, 5) is 28.6. The van der Waals surface area contributed by atoms with E-state index in [1.807, 2.05) is 37.3 Å². The van der Waals surface area contributed by atoms with E-state index < -0.39 is 0 Å². The van der Waals surface area contributed by atoms with Gasteiger partial charge in [0.2, 0.25) is 5.91 Å². The van der Waals surface area contributed by atoms with Gasteiger partial charge in [-0.25, -0.2) is 4.98 Å². The van der Waals surface area contributed by atoms with Crippen molar-refractivity contribution in [2.24, 2.45) is 0 Å². The SMILES string of the molecule is Cc1ccc2nc(SCC(=O)NC[C@@H]3Cc4cc(Cl)cc(-c5cnccn5)c4O3)[nH]c2c1. The number of nitrogens with one attached hydrogen (secondary N) is 2. The zero-order valence-electron chi connectivity index (χ0n) is 17.3. The molecule has 1 aliphatic rings. The summed E-state index contributed by atoms with van der Waals surface area (Å²) in [5.41, 5.74) is 5.55. The van der Waals surface area contributed by atoms with Gasteiger partial charge in [0.1, 0.15) is 11.9 Å². The number of aromatic amines is 1. The van der Waals surface area contributed by atoms with Crippen LogP contribution in [-0.2, 0) is 11.2 Å². The zero-order valence-corrected chi connectivity index (χ0v) is 18.8. The number of H-pyrrole nitrogens is 1. The van der Waals surface area contributed by atoms with Crippen molar-refractivity contribution in [2.45, 2.75) is 24.6 Å². The van der Waals surface area contributed by atoms with Gasteiger partial charge in [-0.1, -0.05) is 29.4 Å². The molecule has 0 unspecified atom stereocenters. The van der Waals surface area contributed by atoms with Gasteiger partial charge in [-0.2, -0.15) is 0 Å². The molecule has 2 aromatic carbocycles. The predicted molar refractivity (Wildman–Crippen MR) is 125 cm³/mol. The summed E-state index contributed by atoms with van der Waals surface area (Å²) < 4.78 is 6.15. The first kappa shape index (κ1) is 20.8. The topological polar surface area (TPSA) is 92.8 Å². The normalized spacial score (nSPS) is 14.9. The van der Waals surface area contributed by atoms with Gasteiger partial charge in [-0.3, -0.25) is 14.8 Å². The third kappa shape index (κ3) is 4.42. The van der Waals surface area contributed by atoms with Crippen molar-refractivity contribution in [3.05, 3.63) is 65.1 Å². The summed E-state index contributed by atoms with van der Waals surface area (Å²) in [5.74, 6) is 0.953. The summed E-state index contributed by atoms with van der Waals surface area (Å²) in [7, 11) is 0. The molecule has 0 radical (unpaired) electrons. The molecule has 1 amide bonds. The summed E-state index contributed by atoms with van der Waals surface area (Å²) in [6.45, 7) is 2.44. The van der Waals surface area contributed by atoms with Crippen molar-refractivity contribution in [3.8, 4) is 17.0 Å². The number of aryl methyl sites for hydroxylation is 1. The van der Waals surface area contributed by atoms with Gasteiger partial charge in [-0.05, 0) is 36.8 Å². The van der Waals surface area contributed by atoms with E-state index in [2.05, 4.69) is 25.3 Å². The highest BCUT2D eigenvalue weighted by Gasteiger charge is 2.27. The van der Waals surface area contributed by atoms with Crippen LogP contribution in [0.4, 0.5) is 0 Å². The van der Waals surface area contributed by atoms with Crippen LogP contribution in [0.5, 0.6) is 5.75 Å². The molecular weight excluding hydrogens is 446 g/mol. The number of aromatic nitrogens is 4. The first-order valence-corrected chi connectivity index (χ1v) is 11.5. The van der Waals surface area contributed by atoms with Crippen LogP contribution in [0.2, 0.25) is 5.02 Å².